The lowest BCUT2D eigenvalue weighted by atomic mass is 10.2. The summed E-state index contributed by atoms with van der Waals surface area (Å²) >= 11 is 0. The Balaban J connectivity index is 3.32. The van der Waals surface area contributed by atoms with Crippen molar-refractivity contribution < 1.29 is 9.90 Å². The van der Waals surface area contributed by atoms with E-state index >= 15 is 0 Å². The minimum Gasteiger partial charge on any atom is -0.396 e. The molecule has 0 atom stereocenters. The molecular weight excluding hydrogens is 192 g/mol. The van der Waals surface area contributed by atoms with Gasteiger partial charge >= 0.3 is 0 Å². The largest absolute Gasteiger partial charge is 0.396 e. The quantitative estimate of drug-likeness (QED) is 0.555. The maximum Gasteiger partial charge on any atom is 0.221 e. The van der Waals surface area contributed by atoms with Crippen molar-refractivity contribution in [1.29, 1.82) is 0 Å². The van der Waals surface area contributed by atoms with Crippen molar-refractivity contribution in [2.24, 2.45) is 0 Å². The fourth-order valence-electron chi connectivity index (χ4n) is 1.36. The van der Waals surface area contributed by atoms with Crippen LogP contribution in [0.5, 0.6) is 0 Å². The summed E-state index contributed by atoms with van der Waals surface area (Å²) in [4.78, 5) is 13.3. The normalized spacial score (nSPS) is 10.7. The van der Waals surface area contributed by atoms with Gasteiger partial charge in [-0.2, -0.15) is 0 Å². The van der Waals surface area contributed by atoms with Gasteiger partial charge in [0.2, 0.25) is 5.91 Å². The number of nitrogens with zero attached hydrogens (tertiary/aromatic N) is 1. The van der Waals surface area contributed by atoms with Gasteiger partial charge in [-0.1, -0.05) is 0 Å². The van der Waals surface area contributed by atoms with E-state index in [2.05, 4.69) is 10.2 Å². The van der Waals surface area contributed by atoms with Crippen molar-refractivity contribution >= 4 is 5.91 Å². The molecule has 0 saturated carbocycles. The average molecular weight is 216 g/mol. The van der Waals surface area contributed by atoms with Gasteiger partial charge in [-0.15, -0.1) is 0 Å². The topological polar surface area (TPSA) is 52.6 Å². The Labute approximate surface area is 92.7 Å². The molecule has 4 nitrogen and oxygen atoms in total. The van der Waals surface area contributed by atoms with Crippen LogP contribution in [0.3, 0.4) is 0 Å². The van der Waals surface area contributed by atoms with Gasteiger partial charge in [0.25, 0.3) is 0 Å². The van der Waals surface area contributed by atoms with Gasteiger partial charge in [0.15, 0.2) is 0 Å². The highest BCUT2D eigenvalue weighted by Crippen LogP contribution is 1.97. The van der Waals surface area contributed by atoms with Crippen LogP contribution in [0.25, 0.3) is 0 Å². The molecular formula is C11H24N2O2. The van der Waals surface area contributed by atoms with Gasteiger partial charge < -0.3 is 15.3 Å². The third-order valence-corrected chi connectivity index (χ3v) is 2.29. The standard InChI is InChI=1S/C11H24N2O2/c1-3-12-11(15)7-9-13(2)8-5-4-6-10-14/h14H,3-10H2,1-2H3,(H,12,15). The predicted molar refractivity (Wildman–Crippen MR) is 61.7 cm³/mol. The molecule has 90 valence electrons. The minimum atomic E-state index is 0.125. The molecule has 0 bridgehead atoms. The number of aliphatic hydroxyl groups is 1. The second-order valence-corrected chi connectivity index (χ2v) is 3.79. The van der Waals surface area contributed by atoms with Crippen LogP contribution in [0.15, 0.2) is 0 Å². The van der Waals surface area contributed by atoms with Crippen LogP contribution in [0.4, 0.5) is 0 Å². The Bertz CT molecular complexity index is 163. The van der Waals surface area contributed by atoms with E-state index in [1.165, 1.54) is 0 Å². The first-order chi connectivity index (χ1) is 7.20. The highest BCUT2D eigenvalue weighted by Gasteiger charge is 2.02. The third kappa shape index (κ3) is 9.69. The molecule has 0 rings (SSSR count). The van der Waals surface area contributed by atoms with E-state index < -0.39 is 0 Å². The number of hydrogen-bond acceptors (Lipinski definition) is 3. The SMILES string of the molecule is CCNC(=O)CCN(C)CCCCCO. The molecule has 1 amide bonds. The van der Waals surface area contributed by atoms with E-state index in [1.54, 1.807) is 0 Å². The molecule has 0 aromatic heterocycles. The van der Waals surface area contributed by atoms with Crippen molar-refractivity contribution in [3.05, 3.63) is 0 Å². The first-order valence-corrected chi connectivity index (χ1v) is 5.76. The maximum atomic E-state index is 11.2. The highest BCUT2D eigenvalue weighted by atomic mass is 16.2. The van der Waals surface area contributed by atoms with Crippen molar-refractivity contribution in [3.63, 3.8) is 0 Å². The Morgan fingerprint density at radius 3 is 2.60 bits per heavy atom. The summed E-state index contributed by atoms with van der Waals surface area (Å²) in [5.74, 6) is 0.125. The lowest BCUT2D eigenvalue weighted by Gasteiger charge is -2.15. The molecule has 0 fully saturated rings. The fraction of sp³-hybridized carbons (Fsp3) is 0.909. The summed E-state index contributed by atoms with van der Waals surface area (Å²) in [6.45, 7) is 4.72. The van der Waals surface area contributed by atoms with Crippen LogP contribution in [-0.2, 0) is 4.79 Å². The number of rotatable bonds is 9. The number of amides is 1. The Morgan fingerprint density at radius 2 is 2.00 bits per heavy atom. The zero-order chi connectivity index (χ0) is 11.5. The first-order valence-electron chi connectivity index (χ1n) is 5.76. The molecule has 0 radical (unpaired) electrons. The first kappa shape index (κ1) is 14.4. The maximum absolute atomic E-state index is 11.2. The molecule has 0 heterocycles. The molecule has 15 heavy (non-hydrogen) atoms. The number of hydrogen-bond donors (Lipinski definition) is 2. The summed E-state index contributed by atoms with van der Waals surface area (Å²) in [6.07, 6.45) is 3.60. The van der Waals surface area contributed by atoms with Crippen molar-refractivity contribution in [2.75, 3.05) is 33.3 Å². The number of aliphatic hydroxyl groups excluding tert-OH is 1. The predicted octanol–water partition coefficient (Wildman–Crippen LogP) is 0.607. The van der Waals surface area contributed by atoms with Crippen LogP contribution < -0.4 is 5.32 Å². The summed E-state index contributed by atoms with van der Waals surface area (Å²) in [7, 11) is 2.03. The third-order valence-electron chi connectivity index (χ3n) is 2.29. The molecule has 2 N–H and O–H groups in total. The van der Waals surface area contributed by atoms with Gasteiger partial charge in [-0.25, -0.2) is 0 Å². The molecule has 0 aliphatic rings. The zero-order valence-electron chi connectivity index (χ0n) is 9.96. The van der Waals surface area contributed by atoms with Gasteiger partial charge in [0, 0.05) is 26.1 Å². The molecule has 0 aliphatic heterocycles. The van der Waals surface area contributed by atoms with Crippen molar-refractivity contribution in [1.82, 2.24) is 10.2 Å². The van der Waals surface area contributed by atoms with Gasteiger partial charge in [-0.3, -0.25) is 4.79 Å². The number of nitrogens with one attached hydrogen (secondary N) is 1. The molecule has 0 aliphatic carbocycles. The summed E-state index contributed by atoms with van der Waals surface area (Å²) in [5, 5.41) is 11.4. The van der Waals surface area contributed by atoms with E-state index in [9.17, 15) is 4.79 Å². The van der Waals surface area contributed by atoms with E-state index in [1.807, 2.05) is 14.0 Å². The lowest BCUT2D eigenvalue weighted by Crippen LogP contribution is -2.29. The van der Waals surface area contributed by atoms with Gasteiger partial charge in [0.1, 0.15) is 0 Å². The number of carbonyl (C=O) groups excluding carboxylic acids is 1. The Hall–Kier alpha value is -0.610. The van der Waals surface area contributed by atoms with Gasteiger partial charge in [0.05, 0.1) is 0 Å². The summed E-state index contributed by atoms with van der Waals surface area (Å²) in [6, 6.07) is 0. The molecule has 0 unspecified atom stereocenters. The van der Waals surface area contributed by atoms with Crippen molar-refractivity contribution in [3.8, 4) is 0 Å². The minimum absolute atomic E-state index is 0.125. The molecule has 0 saturated heterocycles. The zero-order valence-corrected chi connectivity index (χ0v) is 9.96. The second-order valence-electron chi connectivity index (χ2n) is 3.79. The average Bonchev–Trinajstić information content (AvgIpc) is 2.22. The summed E-state index contributed by atoms with van der Waals surface area (Å²) < 4.78 is 0. The van der Waals surface area contributed by atoms with E-state index in [0.29, 0.717) is 13.0 Å². The van der Waals surface area contributed by atoms with Gasteiger partial charge in [-0.05, 0) is 39.8 Å². The second kappa shape index (κ2) is 9.93. The number of unbranched alkanes of at least 4 members (excludes halogenated alkanes) is 2. The fourth-order valence-corrected chi connectivity index (χ4v) is 1.36. The monoisotopic (exact) mass is 216 g/mol. The molecule has 4 heteroatoms. The highest BCUT2D eigenvalue weighted by molar-refractivity contribution is 5.75. The summed E-state index contributed by atoms with van der Waals surface area (Å²) in [5.41, 5.74) is 0. The van der Waals surface area contributed by atoms with Crippen LogP contribution in [0.1, 0.15) is 32.6 Å². The Kier molecular flexibility index (Phi) is 9.52. The smallest absolute Gasteiger partial charge is 0.221 e. The molecule has 0 aromatic rings. The van der Waals surface area contributed by atoms with Crippen molar-refractivity contribution in [2.45, 2.75) is 32.6 Å². The van der Waals surface area contributed by atoms with E-state index in [-0.39, 0.29) is 12.5 Å². The lowest BCUT2D eigenvalue weighted by molar-refractivity contribution is -0.121. The van der Waals surface area contributed by atoms with Crippen LogP contribution in [-0.4, -0.2) is 49.2 Å². The molecule has 0 aromatic carbocycles. The Morgan fingerprint density at radius 1 is 1.27 bits per heavy atom. The molecule has 0 spiro atoms. The number of carbonyl (C=O) groups is 1. The van der Waals surface area contributed by atoms with E-state index in [4.69, 9.17) is 5.11 Å². The van der Waals surface area contributed by atoms with E-state index in [0.717, 1.165) is 32.4 Å². The van der Waals surface area contributed by atoms with Crippen LogP contribution in [0, 0.1) is 0 Å². The van der Waals surface area contributed by atoms with Crippen LogP contribution in [0.2, 0.25) is 0 Å². The van der Waals surface area contributed by atoms with Crippen LogP contribution >= 0.6 is 0 Å².